The van der Waals surface area contributed by atoms with Crippen molar-refractivity contribution in [3.63, 3.8) is 0 Å². The fraction of sp³-hybridized carbons (Fsp3) is 0.333. The molecule has 0 unspecified atom stereocenters. The summed E-state index contributed by atoms with van der Waals surface area (Å²) in [5.74, 6) is 1.67. The van der Waals surface area contributed by atoms with E-state index in [9.17, 15) is 4.79 Å². The van der Waals surface area contributed by atoms with E-state index < -0.39 is 0 Å². The van der Waals surface area contributed by atoms with Gasteiger partial charge >= 0.3 is 0 Å². The van der Waals surface area contributed by atoms with E-state index in [2.05, 4.69) is 26.6 Å². The van der Waals surface area contributed by atoms with Gasteiger partial charge in [0.15, 0.2) is 12.4 Å². The van der Waals surface area contributed by atoms with Crippen LogP contribution in [-0.4, -0.2) is 36.6 Å². The van der Waals surface area contributed by atoms with Crippen molar-refractivity contribution in [2.45, 2.75) is 18.9 Å². The Morgan fingerprint density at radius 3 is 2.83 bits per heavy atom. The molecule has 124 valence electrons. The number of nitrogens with zero attached hydrogens (tertiary/aromatic N) is 2. The van der Waals surface area contributed by atoms with Gasteiger partial charge in [-0.1, -0.05) is 12.1 Å². The number of carbonyl (C=O) groups excluding carboxylic acids is 1. The van der Waals surface area contributed by atoms with E-state index >= 15 is 0 Å². The van der Waals surface area contributed by atoms with Crippen molar-refractivity contribution in [3.05, 3.63) is 42.6 Å². The summed E-state index contributed by atoms with van der Waals surface area (Å²) in [6, 6.07) is 12.2. The van der Waals surface area contributed by atoms with Gasteiger partial charge in [0.1, 0.15) is 5.82 Å². The molecular weight excluding hydrogens is 304 g/mol. The maximum atomic E-state index is 11.4. The highest BCUT2D eigenvalue weighted by molar-refractivity contribution is 5.97. The highest BCUT2D eigenvalue weighted by Gasteiger charge is 2.23. The summed E-state index contributed by atoms with van der Waals surface area (Å²) in [4.78, 5) is 18.2. The summed E-state index contributed by atoms with van der Waals surface area (Å²) in [6.45, 7) is 2.02. The predicted molar refractivity (Wildman–Crippen MR) is 93.7 cm³/mol. The van der Waals surface area contributed by atoms with Gasteiger partial charge in [0, 0.05) is 25.3 Å². The third-order valence-corrected chi connectivity index (χ3v) is 4.46. The zero-order chi connectivity index (χ0) is 16.4. The molecule has 1 aromatic carbocycles. The summed E-state index contributed by atoms with van der Waals surface area (Å²) in [5.41, 5.74) is 1.69. The standard InChI is InChI=1S/C18H20N4O2/c23-17-12-24-18-14(4-3-5-15(18)21-17)20-13-7-10-22(11-8-13)16-6-1-2-9-19-16/h1-6,9,13,20H,7-8,10-12H2,(H,21,23). The van der Waals surface area contributed by atoms with Crippen molar-refractivity contribution in [2.75, 3.05) is 35.2 Å². The molecule has 2 aromatic rings. The summed E-state index contributed by atoms with van der Waals surface area (Å²) in [6.07, 6.45) is 3.90. The molecule has 6 heteroatoms. The molecule has 2 N–H and O–H groups in total. The molecule has 2 aliphatic heterocycles. The van der Waals surface area contributed by atoms with Gasteiger partial charge in [0.25, 0.3) is 5.91 Å². The lowest BCUT2D eigenvalue weighted by Gasteiger charge is -2.34. The molecule has 1 amide bonds. The Morgan fingerprint density at radius 2 is 2.04 bits per heavy atom. The van der Waals surface area contributed by atoms with Gasteiger partial charge < -0.3 is 20.3 Å². The third-order valence-electron chi connectivity index (χ3n) is 4.46. The van der Waals surface area contributed by atoms with E-state index in [0.29, 0.717) is 6.04 Å². The first kappa shape index (κ1) is 14.8. The van der Waals surface area contributed by atoms with Crippen LogP contribution in [0.4, 0.5) is 17.2 Å². The minimum absolute atomic E-state index is 0.0732. The van der Waals surface area contributed by atoms with E-state index in [1.54, 1.807) is 0 Å². The smallest absolute Gasteiger partial charge is 0.262 e. The van der Waals surface area contributed by atoms with Crippen LogP contribution in [0.3, 0.4) is 0 Å². The lowest BCUT2D eigenvalue weighted by Crippen LogP contribution is -2.39. The number of carbonyl (C=O) groups is 1. The van der Waals surface area contributed by atoms with Gasteiger partial charge in [-0.2, -0.15) is 0 Å². The molecule has 0 radical (unpaired) electrons. The molecule has 0 atom stereocenters. The predicted octanol–water partition coefficient (Wildman–Crippen LogP) is 2.49. The Labute approximate surface area is 140 Å². The summed E-state index contributed by atoms with van der Waals surface area (Å²) < 4.78 is 5.60. The SMILES string of the molecule is O=C1COc2c(cccc2NC2CCN(c3ccccn3)CC2)N1. The minimum atomic E-state index is -0.108. The minimum Gasteiger partial charge on any atom is -0.479 e. The molecule has 6 nitrogen and oxygen atoms in total. The number of nitrogens with one attached hydrogen (secondary N) is 2. The largest absolute Gasteiger partial charge is 0.479 e. The number of amides is 1. The molecule has 2 aliphatic rings. The van der Waals surface area contributed by atoms with Gasteiger partial charge in [-0.15, -0.1) is 0 Å². The number of aromatic nitrogens is 1. The van der Waals surface area contributed by atoms with Crippen molar-refractivity contribution in [2.24, 2.45) is 0 Å². The lowest BCUT2D eigenvalue weighted by atomic mass is 10.0. The molecule has 0 aliphatic carbocycles. The van der Waals surface area contributed by atoms with Gasteiger partial charge in [-0.25, -0.2) is 4.98 Å². The van der Waals surface area contributed by atoms with E-state index in [1.807, 2.05) is 36.5 Å². The normalized spacial score (nSPS) is 17.7. The van der Waals surface area contributed by atoms with Crippen molar-refractivity contribution in [1.29, 1.82) is 0 Å². The highest BCUT2D eigenvalue weighted by atomic mass is 16.5. The molecule has 1 fully saturated rings. The number of rotatable bonds is 3. The first-order valence-corrected chi connectivity index (χ1v) is 8.28. The quantitative estimate of drug-likeness (QED) is 0.908. The molecule has 1 saturated heterocycles. The van der Waals surface area contributed by atoms with Crippen LogP contribution in [0.2, 0.25) is 0 Å². The van der Waals surface area contributed by atoms with Crippen molar-refractivity contribution in [3.8, 4) is 5.75 Å². The number of hydrogen-bond acceptors (Lipinski definition) is 5. The molecular formula is C18H20N4O2. The Morgan fingerprint density at radius 1 is 1.17 bits per heavy atom. The van der Waals surface area contributed by atoms with Crippen LogP contribution < -0.4 is 20.3 Å². The lowest BCUT2D eigenvalue weighted by molar-refractivity contribution is -0.118. The molecule has 3 heterocycles. The van der Waals surface area contributed by atoms with Gasteiger partial charge in [-0.05, 0) is 37.1 Å². The number of hydrogen-bond donors (Lipinski definition) is 2. The second kappa shape index (κ2) is 6.39. The van der Waals surface area contributed by atoms with Crippen molar-refractivity contribution < 1.29 is 9.53 Å². The monoisotopic (exact) mass is 324 g/mol. The van der Waals surface area contributed by atoms with E-state index in [-0.39, 0.29) is 12.5 Å². The average molecular weight is 324 g/mol. The Kier molecular flexibility index (Phi) is 3.94. The number of ether oxygens (including phenoxy) is 1. The first-order chi connectivity index (χ1) is 11.8. The second-order valence-corrected chi connectivity index (χ2v) is 6.11. The number of piperidine rings is 1. The van der Waals surface area contributed by atoms with Crippen molar-refractivity contribution in [1.82, 2.24) is 4.98 Å². The number of anilines is 3. The van der Waals surface area contributed by atoms with Crippen LogP contribution in [0, 0.1) is 0 Å². The number of para-hydroxylation sites is 1. The average Bonchev–Trinajstić information content (AvgIpc) is 2.63. The molecule has 0 saturated carbocycles. The zero-order valence-corrected chi connectivity index (χ0v) is 13.4. The van der Waals surface area contributed by atoms with Gasteiger partial charge in [0.05, 0.1) is 11.4 Å². The fourth-order valence-corrected chi connectivity index (χ4v) is 3.24. The van der Waals surface area contributed by atoms with Crippen LogP contribution in [0.1, 0.15) is 12.8 Å². The molecule has 4 rings (SSSR count). The first-order valence-electron chi connectivity index (χ1n) is 8.28. The Bertz CT molecular complexity index is 727. The zero-order valence-electron chi connectivity index (χ0n) is 13.4. The van der Waals surface area contributed by atoms with Gasteiger partial charge in [-0.3, -0.25) is 4.79 Å². The van der Waals surface area contributed by atoms with E-state index in [1.165, 1.54) is 0 Å². The summed E-state index contributed by atoms with van der Waals surface area (Å²) in [5, 5.41) is 6.42. The van der Waals surface area contributed by atoms with Crippen LogP contribution in [0.15, 0.2) is 42.6 Å². The highest BCUT2D eigenvalue weighted by Crippen LogP contribution is 2.36. The van der Waals surface area contributed by atoms with Crippen LogP contribution >= 0.6 is 0 Å². The van der Waals surface area contributed by atoms with Crippen LogP contribution in [0.5, 0.6) is 5.75 Å². The second-order valence-electron chi connectivity index (χ2n) is 6.11. The summed E-state index contributed by atoms with van der Waals surface area (Å²) in [7, 11) is 0. The Balaban J connectivity index is 1.41. The molecule has 0 spiro atoms. The number of benzene rings is 1. The topological polar surface area (TPSA) is 66.5 Å². The van der Waals surface area contributed by atoms with Crippen LogP contribution in [0.25, 0.3) is 0 Å². The number of pyridine rings is 1. The maximum absolute atomic E-state index is 11.4. The van der Waals surface area contributed by atoms with E-state index in [0.717, 1.165) is 48.9 Å². The van der Waals surface area contributed by atoms with Crippen LogP contribution in [-0.2, 0) is 4.79 Å². The van der Waals surface area contributed by atoms with E-state index in [4.69, 9.17) is 4.74 Å². The Hall–Kier alpha value is -2.76. The van der Waals surface area contributed by atoms with Gasteiger partial charge in [0.2, 0.25) is 0 Å². The number of fused-ring (bicyclic) bond motifs is 1. The fourth-order valence-electron chi connectivity index (χ4n) is 3.24. The maximum Gasteiger partial charge on any atom is 0.262 e. The van der Waals surface area contributed by atoms with Crippen molar-refractivity contribution >= 4 is 23.1 Å². The summed E-state index contributed by atoms with van der Waals surface area (Å²) >= 11 is 0. The molecule has 1 aromatic heterocycles. The molecule has 24 heavy (non-hydrogen) atoms. The third kappa shape index (κ3) is 2.99. The molecule has 0 bridgehead atoms.